The van der Waals surface area contributed by atoms with Gasteiger partial charge in [-0.1, -0.05) is 6.92 Å². The Morgan fingerprint density at radius 1 is 1.41 bits per heavy atom. The van der Waals surface area contributed by atoms with Crippen LogP contribution in [0, 0.1) is 5.92 Å². The van der Waals surface area contributed by atoms with E-state index in [1.807, 2.05) is 0 Å². The number of hydrogen-bond acceptors (Lipinski definition) is 3. The third kappa shape index (κ3) is 3.54. The van der Waals surface area contributed by atoms with Crippen LogP contribution in [0.5, 0.6) is 0 Å². The summed E-state index contributed by atoms with van der Waals surface area (Å²) < 4.78 is 0. The molecule has 0 spiro atoms. The molecule has 3 nitrogen and oxygen atoms in total. The fraction of sp³-hybridized carbons (Fsp3) is 0.615. The molecule has 1 aromatic rings. The van der Waals surface area contributed by atoms with Gasteiger partial charge in [-0.05, 0) is 44.5 Å². The molecule has 1 saturated heterocycles. The lowest BCUT2D eigenvalue weighted by molar-refractivity contribution is -0.125. The molecule has 0 aromatic carbocycles. The Bertz CT molecular complexity index is 369. The molecule has 1 amide bonds. The van der Waals surface area contributed by atoms with Crippen molar-refractivity contribution in [2.75, 3.05) is 13.1 Å². The van der Waals surface area contributed by atoms with Crippen molar-refractivity contribution in [1.29, 1.82) is 0 Å². The summed E-state index contributed by atoms with van der Waals surface area (Å²) >= 11 is 1.79. The molecule has 4 heteroatoms. The SMILES string of the molecule is CCc1ccc(CNC(=O)C2CCNCC2)s1. The highest BCUT2D eigenvalue weighted by Gasteiger charge is 2.20. The maximum atomic E-state index is 11.9. The van der Waals surface area contributed by atoms with Gasteiger partial charge in [0, 0.05) is 15.7 Å². The van der Waals surface area contributed by atoms with Crippen molar-refractivity contribution in [2.24, 2.45) is 5.92 Å². The van der Waals surface area contributed by atoms with Crippen molar-refractivity contribution < 1.29 is 4.79 Å². The number of piperidine rings is 1. The summed E-state index contributed by atoms with van der Waals surface area (Å²) in [5, 5.41) is 6.33. The van der Waals surface area contributed by atoms with Crippen LogP contribution < -0.4 is 10.6 Å². The third-order valence-electron chi connectivity index (χ3n) is 3.21. The zero-order valence-corrected chi connectivity index (χ0v) is 11.1. The summed E-state index contributed by atoms with van der Waals surface area (Å²) in [6.07, 6.45) is 3.01. The Morgan fingerprint density at radius 2 is 2.12 bits per heavy atom. The minimum Gasteiger partial charge on any atom is -0.351 e. The third-order valence-corrected chi connectivity index (χ3v) is 4.44. The molecule has 0 atom stereocenters. The van der Waals surface area contributed by atoms with E-state index in [9.17, 15) is 4.79 Å². The van der Waals surface area contributed by atoms with Crippen LogP contribution in [-0.2, 0) is 17.8 Å². The van der Waals surface area contributed by atoms with Gasteiger partial charge in [0.25, 0.3) is 0 Å². The molecule has 0 aliphatic carbocycles. The molecule has 17 heavy (non-hydrogen) atoms. The second-order valence-corrected chi connectivity index (χ2v) is 5.72. The number of aryl methyl sites for hydroxylation is 1. The highest BCUT2D eigenvalue weighted by Crippen LogP contribution is 2.17. The van der Waals surface area contributed by atoms with E-state index in [-0.39, 0.29) is 11.8 Å². The first kappa shape index (κ1) is 12.6. The second-order valence-electron chi connectivity index (χ2n) is 4.46. The van der Waals surface area contributed by atoms with Crippen LogP contribution in [-0.4, -0.2) is 19.0 Å². The fourth-order valence-electron chi connectivity index (χ4n) is 2.11. The van der Waals surface area contributed by atoms with E-state index >= 15 is 0 Å². The van der Waals surface area contributed by atoms with Crippen molar-refractivity contribution in [1.82, 2.24) is 10.6 Å². The smallest absolute Gasteiger partial charge is 0.223 e. The average Bonchev–Trinajstić information content (AvgIpc) is 2.85. The summed E-state index contributed by atoms with van der Waals surface area (Å²) in [4.78, 5) is 14.6. The predicted molar refractivity (Wildman–Crippen MR) is 71.1 cm³/mol. The van der Waals surface area contributed by atoms with Gasteiger partial charge in [0.1, 0.15) is 0 Å². The summed E-state index contributed by atoms with van der Waals surface area (Å²) in [5.41, 5.74) is 0. The molecule has 0 saturated carbocycles. The van der Waals surface area contributed by atoms with E-state index in [0.717, 1.165) is 32.4 Å². The maximum Gasteiger partial charge on any atom is 0.223 e. The van der Waals surface area contributed by atoms with E-state index in [0.29, 0.717) is 6.54 Å². The number of nitrogens with one attached hydrogen (secondary N) is 2. The highest BCUT2D eigenvalue weighted by molar-refractivity contribution is 7.11. The molecule has 0 unspecified atom stereocenters. The number of amides is 1. The largest absolute Gasteiger partial charge is 0.351 e. The summed E-state index contributed by atoms with van der Waals surface area (Å²) in [6.45, 7) is 4.78. The van der Waals surface area contributed by atoms with Crippen LogP contribution in [0.25, 0.3) is 0 Å². The monoisotopic (exact) mass is 252 g/mol. The van der Waals surface area contributed by atoms with Gasteiger partial charge >= 0.3 is 0 Å². The zero-order valence-electron chi connectivity index (χ0n) is 10.3. The van der Waals surface area contributed by atoms with E-state index < -0.39 is 0 Å². The van der Waals surface area contributed by atoms with Gasteiger partial charge in [-0.15, -0.1) is 11.3 Å². The predicted octanol–water partition coefficient (Wildman–Crippen LogP) is 1.93. The molecule has 0 radical (unpaired) electrons. The number of hydrogen-bond donors (Lipinski definition) is 2. The molecule has 2 N–H and O–H groups in total. The van der Waals surface area contributed by atoms with Crippen LogP contribution in [0.15, 0.2) is 12.1 Å². The van der Waals surface area contributed by atoms with Crippen LogP contribution in [0.4, 0.5) is 0 Å². The first-order valence-electron chi connectivity index (χ1n) is 6.35. The molecule has 1 aliphatic heterocycles. The lowest BCUT2D eigenvalue weighted by Crippen LogP contribution is -2.37. The van der Waals surface area contributed by atoms with Gasteiger partial charge in [-0.3, -0.25) is 4.79 Å². The summed E-state index contributed by atoms with van der Waals surface area (Å²) in [5.74, 6) is 0.430. The normalized spacial score (nSPS) is 17.0. The molecule has 0 bridgehead atoms. The van der Waals surface area contributed by atoms with Gasteiger partial charge in [0.2, 0.25) is 5.91 Å². The topological polar surface area (TPSA) is 41.1 Å². The van der Waals surface area contributed by atoms with E-state index in [2.05, 4.69) is 29.7 Å². The lowest BCUT2D eigenvalue weighted by Gasteiger charge is -2.21. The second kappa shape index (κ2) is 6.17. The van der Waals surface area contributed by atoms with Crippen LogP contribution in [0.3, 0.4) is 0 Å². The fourth-order valence-corrected chi connectivity index (χ4v) is 3.01. The minimum atomic E-state index is 0.210. The van der Waals surface area contributed by atoms with Crippen LogP contribution in [0.1, 0.15) is 29.5 Å². The van der Waals surface area contributed by atoms with Crippen LogP contribution >= 0.6 is 11.3 Å². The summed E-state index contributed by atoms with van der Waals surface area (Å²) in [6, 6.07) is 4.27. The summed E-state index contributed by atoms with van der Waals surface area (Å²) in [7, 11) is 0. The van der Waals surface area contributed by atoms with Crippen LogP contribution in [0.2, 0.25) is 0 Å². The van der Waals surface area contributed by atoms with Gasteiger partial charge in [0.05, 0.1) is 6.54 Å². The number of carbonyl (C=O) groups excluding carboxylic acids is 1. The molecule has 1 aliphatic rings. The van der Waals surface area contributed by atoms with Crippen molar-refractivity contribution in [3.8, 4) is 0 Å². The molecule has 2 rings (SSSR count). The Kier molecular flexibility index (Phi) is 4.57. The van der Waals surface area contributed by atoms with Crippen molar-refractivity contribution in [3.63, 3.8) is 0 Å². The first-order chi connectivity index (χ1) is 8.29. The molecule has 1 aromatic heterocycles. The zero-order chi connectivity index (χ0) is 12.1. The molecular weight excluding hydrogens is 232 g/mol. The Morgan fingerprint density at radius 3 is 2.76 bits per heavy atom. The van der Waals surface area contributed by atoms with E-state index in [1.165, 1.54) is 9.75 Å². The average molecular weight is 252 g/mol. The Hall–Kier alpha value is -0.870. The first-order valence-corrected chi connectivity index (χ1v) is 7.17. The van der Waals surface area contributed by atoms with Crippen molar-refractivity contribution in [3.05, 3.63) is 21.9 Å². The van der Waals surface area contributed by atoms with Crippen molar-refractivity contribution >= 4 is 17.2 Å². The van der Waals surface area contributed by atoms with Crippen molar-refractivity contribution in [2.45, 2.75) is 32.7 Å². The molecule has 94 valence electrons. The van der Waals surface area contributed by atoms with Gasteiger partial charge in [-0.25, -0.2) is 0 Å². The minimum absolute atomic E-state index is 0.210. The van der Waals surface area contributed by atoms with Gasteiger partial charge in [0.15, 0.2) is 0 Å². The Balaban J connectivity index is 1.78. The standard InChI is InChI=1S/C13H20N2OS/c1-2-11-3-4-12(17-11)9-15-13(16)10-5-7-14-8-6-10/h3-4,10,14H,2,5-9H2,1H3,(H,15,16). The highest BCUT2D eigenvalue weighted by atomic mass is 32.1. The Labute approximate surface area is 107 Å². The van der Waals surface area contributed by atoms with Gasteiger partial charge in [-0.2, -0.15) is 0 Å². The quantitative estimate of drug-likeness (QED) is 0.859. The van der Waals surface area contributed by atoms with E-state index in [4.69, 9.17) is 0 Å². The number of rotatable bonds is 4. The maximum absolute atomic E-state index is 11.9. The van der Waals surface area contributed by atoms with E-state index in [1.54, 1.807) is 11.3 Å². The van der Waals surface area contributed by atoms with Gasteiger partial charge < -0.3 is 10.6 Å². The number of carbonyl (C=O) groups is 1. The lowest BCUT2D eigenvalue weighted by atomic mass is 9.97. The number of thiophene rings is 1. The molecular formula is C13H20N2OS. The molecule has 2 heterocycles. The molecule has 1 fully saturated rings.